The highest BCUT2D eigenvalue weighted by Gasteiger charge is 2.26. The van der Waals surface area contributed by atoms with Crippen molar-refractivity contribution in [2.45, 2.75) is 13.5 Å². The van der Waals surface area contributed by atoms with Gasteiger partial charge in [-0.3, -0.25) is 0 Å². The molecule has 6 nitrogen and oxygen atoms in total. The van der Waals surface area contributed by atoms with E-state index in [1.807, 2.05) is 37.3 Å². The molecule has 0 fully saturated rings. The van der Waals surface area contributed by atoms with Crippen LogP contribution in [0.3, 0.4) is 0 Å². The lowest BCUT2D eigenvalue weighted by atomic mass is 10.1. The molecule has 0 radical (unpaired) electrons. The molecule has 0 atom stereocenters. The number of esters is 1. The van der Waals surface area contributed by atoms with Crippen LogP contribution in [0.15, 0.2) is 78.8 Å². The van der Waals surface area contributed by atoms with E-state index in [0.29, 0.717) is 40.5 Å². The highest BCUT2D eigenvalue weighted by Crippen LogP contribution is 2.38. The summed E-state index contributed by atoms with van der Waals surface area (Å²) >= 11 is 6.98. The molecule has 0 bridgehead atoms. The number of ether oxygens (including phenoxy) is 3. The number of halogens is 2. The topological polar surface area (TPSA) is 70.3 Å². The first-order valence-corrected chi connectivity index (χ1v) is 11.0. The Bertz CT molecular complexity index is 1150. The Labute approximate surface area is 195 Å². The molecule has 1 aromatic heterocycles. The summed E-state index contributed by atoms with van der Waals surface area (Å²) in [5.41, 5.74) is 1.91. The largest absolute Gasteiger partial charge is 0.490 e. The maximum Gasteiger partial charge on any atom is 0.363 e. The van der Waals surface area contributed by atoms with E-state index in [1.54, 1.807) is 24.3 Å². The fourth-order valence-corrected chi connectivity index (χ4v) is 3.72. The van der Waals surface area contributed by atoms with E-state index in [4.69, 9.17) is 18.6 Å². The number of rotatable bonds is 7. The molecule has 2 heterocycles. The Kier molecular flexibility index (Phi) is 6.58. The minimum Gasteiger partial charge on any atom is -0.490 e. The number of furan rings is 1. The molecule has 0 spiro atoms. The zero-order valence-corrected chi connectivity index (χ0v) is 19.6. The molecule has 4 rings (SSSR count). The second kappa shape index (κ2) is 9.53. The van der Waals surface area contributed by atoms with Crippen molar-refractivity contribution in [3.8, 4) is 11.5 Å². The minimum atomic E-state index is -0.545. The van der Waals surface area contributed by atoms with E-state index in [-0.39, 0.29) is 11.6 Å². The van der Waals surface area contributed by atoms with Crippen LogP contribution in [-0.2, 0) is 16.1 Å². The fraction of sp³-hybridized carbons (Fsp3) is 0.130. The van der Waals surface area contributed by atoms with Gasteiger partial charge in [0, 0.05) is 4.47 Å². The maximum absolute atomic E-state index is 12.2. The standard InChI is InChI=1S/C23H17Br2NO5/c1-2-28-20-12-15(11-18-23(27)31-22(26-18)19-4-3-9-29-19)10-17(25)21(20)30-13-14-5-7-16(24)8-6-14/h3-12H,2,13H2,1H3/b18-11-. The predicted molar refractivity (Wildman–Crippen MR) is 123 cm³/mol. The van der Waals surface area contributed by atoms with Crippen molar-refractivity contribution in [3.63, 3.8) is 0 Å². The van der Waals surface area contributed by atoms with Crippen LogP contribution in [0, 0.1) is 0 Å². The lowest BCUT2D eigenvalue weighted by Crippen LogP contribution is -2.04. The molecule has 0 N–H and O–H groups in total. The van der Waals surface area contributed by atoms with E-state index < -0.39 is 5.97 Å². The van der Waals surface area contributed by atoms with Gasteiger partial charge in [0.25, 0.3) is 5.90 Å². The second-order valence-corrected chi connectivity index (χ2v) is 8.26. The molecule has 1 aliphatic rings. The molecular formula is C23H17Br2NO5. The second-order valence-electron chi connectivity index (χ2n) is 6.49. The summed E-state index contributed by atoms with van der Waals surface area (Å²) in [7, 11) is 0. The quantitative estimate of drug-likeness (QED) is 0.263. The van der Waals surface area contributed by atoms with Crippen LogP contribution in [0.4, 0.5) is 0 Å². The van der Waals surface area contributed by atoms with Crippen LogP contribution in [0.1, 0.15) is 23.8 Å². The third-order valence-electron chi connectivity index (χ3n) is 4.28. The van der Waals surface area contributed by atoms with E-state index in [0.717, 1.165) is 10.0 Å². The average molecular weight is 547 g/mol. The molecule has 3 aromatic rings. The van der Waals surface area contributed by atoms with Gasteiger partial charge in [0.15, 0.2) is 23.0 Å². The first kappa shape index (κ1) is 21.4. The van der Waals surface area contributed by atoms with Crippen molar-refractivity contribution in [3.05, 3.63) is 86.3 Å². The lowest BCUT2D eigenvalue weighted by molar-refractivity contribution is -0.130. The van der Waals surface area contributed by atoms with Gasteiger partial charge in [-0.1, -0.05) is 28.1 Å². The summed E-state index contributed by atoms with van der Waals surface area (Å²) in [5.74, 6) is 1.13. The first-order valence-electron chi connectivity index (χ1n) is 9.43. The van der Waals surface area contributed by atoms with Crippen molar-refractivity contribution < 1.29 is 23.4 Å². The Balaban J connectivity index is 1.60. The summed E-state index contributed by atoms with van der Waals surface area (Å²) in [5, 5.41) is 0. The van der Waals surface area contributed by atoms with Crippen LogP contribution in [0.2, 0.25) is 0 Å². The van der Waals surface area contributed by atoms with Gasteiger partial charge in [-0.25, -0.2) is 9.79 Å². The molecule has 0 aliphatic carbocycles. The van der Waals surface area contributed by atoms with Gasteiger partial charge >= 0.3 is 5.97 Å². The summed E-state index contributed by atoms with van der Waals surface area (Å²) in [6, 6.07) is 14.9. The van der Waals surface area contributed by atoms with E-state index in [1.165, 1.54) is 6.26 Å². The Morgan fingerprint density at radius 3 is 2.61 bits per heavy atom. The molecule has 0 unspecified atom stereocenters. The zero-order valence-electron chi connectivity index (χ0n) is 16.4. The smallest absolute Gasteiger partial charge is 0.363 e. The van der Waals surface area contributed by atoms with Crippen LogP contribution in [0.5, 0.6) is 11.5 Å². The summed E-state index contributed by atoms with van der Waals surface area (Å²) in [4.78, 5) is 16.5. The number of hydrogen-bond acceptors (Lipinski definition) is 6. The van der Waals surface area contributed by atoms with E-state index in [2.05, 4.69) is 36.9 Å². The predicted octanol–water partition coefficient (Wildman–Crippen LogP) is 6.13. The minimum absolute atomic E-state index is 0.139. The normalized spacial score (nSPS) is 14.5. The number of hydrogen-bond donors (Lipinski definition) is 0. The van der Waals surface area contributed by atoms with Crippen molar-refractivity contribution >= 4 is 49.8 Å². The summed E-state index contributed by atoms with van der Waals surface area (Å²) in [6.07, 6.45) is 3.12. The lowest BCUT2D eigenvalue weighted by Gasteiger charge is -2.15. The van der Waals surface area contributed by atoms with Crippen LogP contribution in [-0.4, -0.2) is 18.5 Å². The fourth-order valence-electron chi connectivity index (χ4n) is 2.88. The summed E-state index contributed by atoms with van der Waals surface area (Å²) in [6.45, 7) is 2.74. The third kappa shape index (κ3) is 5.08. The zero-order chi connectivity index (χ0) is 21.8. The Morgan fingerprint density at radius 1 is 1.10 bits per heavy atom. The molecule has 31 heavy (non-hydrogen) atoms. The molecule has 1 aliphatic heterocycles. The Hall–Kier alpha value is -2.84. The Morgan fingerprint density at radius 2 is 1.90 bits per heavy atom. The van der Waals surface area contributed by atoms with Gasteiger partial charge in [0.1, 0.15) is 6.61 Å². The number of carbonyl (C=O) groups is 1. The van der Waals surface area contributed by atoms with Crippen molar-refractivity contribution in [1.82, 2.24) is 0 Å². The molecule has 158 valence electrons. The highest BCUT2D eigenvalue weighted by molar-refractivity contribution is 9.10. The third-order valence-corrected chi connectivity index (χ3v) is 5.40. The van der Waals surface area contributed by atoms with Crippen LogP contribution >= 0.6 is 31.9 Å². The van der Waals surface area contributed by atoms with E-state index in [9.17, 15) is 4.79 Å². The van der Waals surface area contributed by atoms with Crippen molar-refractivity contribution in [2.75, 3.05) is 6.61 Å². The number of benzene rings is 2. The van der Waals surface area contributed by atoms with Gasteiger partial charge in [-0.2, -0.15) is 0 Å². The van der Waals surface area contributed by atoms with Crippen LogP contribution in [0.25, 0.3) is 6.08 Å². The van der Waals surface area contributed by atoms with Crippen LogP contribution < -0.4 is 9.47 Å². The summed E-state index contributed by atoms with van der Waals surface area (Å²) < 4.78 is 23.9. The SMILES string of the molecule is CCOc1cc(/C=C2\N=C(c3ccco3)OC2=O)cc(Br)c1OCc1ccc(Br)cc1. The molecular weight excluding hydrogens is 530 g/mol. The molecule has 0 saturated heterocycles. The number of carbonyl (C=O) groups excluding carboxylic acids is 1. The average Bonchev–Trinajstić information content (AvgIpc) is 3.39. The number of nitrogens with zero attached hydrogens (tertiary/aromatic N) is 1. The molecule has 8 heteroatoms. The first-order chi connectivity index (χ1) is 15.0. The van der Waals surface area contributed by atoms with Gasteiger partial charge in [0.2, 0.25) is 0 Å². The van der Waals surface area contributed by atoms with Gasteiger partial charge in [-0.05, 0) is 76.5 Å². The molecule has 2 aromatic carbocycles. The van der Waals surface area contributed by atoms with Crippen molar-refractivity contribution in [1.29, 1.82) is 0 Å². The highest BCUT2D eigenvalue weighted by atomic mass is 79.9. The van der Waals surface area contributed by atoms with Crippen molar-refractivity contribution in [2.24, 2.45) is 4.99 Å². The number of cyclic esters (lactones) is 1. The molecule has 0 amide bonds. The van der Waals surface area contributed by atoms with E-state index >= 15 is 0 Å². The molecule has 0 saturated carbocycles. The monoisotopic (exact) mass is 545 g/mol. The van der Waals surface area contributed by atoms with Gasteiger partial charge < -0.3 is 18.6 Å². The van der Waals surface area contributed by atoms with Gasteiger partial charge in [0.05, 0.1) is 17.3 Å². The number of aliphatic imine (C=N–C) groups is 1. The maximum atomic E-state index is 12.2. The van der Waals surface area contributed by atoms with Gasteiger partial charge in [-0.15, -0.1) is 0 Å².